The van der Waals surface area contributed by atoms with Gasteiger partial charge in [-0.15, -0.1) is 6.42 Å². The summed E-state index contributed by atoms with van der Waals surface area (Å²) in [5.41, 5.74) is 1.68. The summed E-state index contributed by atoms with van der Waals surface area (Å²) in [7, 11) is -2.41. The zero-order chi connectivity index (χ0) is 10.6. The smallest absolute Gasteiger partial charge is 0.454 e. The Balaban J connectivity index is 2.80. The molecular weight excluding hydrogens is 203 g/mol. The van der Waals surface area contributed by atoms with E-state index >= 15 is 0 Å². The van der Waals surface area contributed by atoms with E-state index in [2.05, 4.69) is 4.52 Å². The molecule has 0 bridgehead atoms. The van der Waals surface area contributed by atoms with Crippen molar-refractivity contribution in [1.82, 2.24) is 0 Å². The van der Waals surface area contributed by atoms with Crippen molar-refractivity contribution in [2.24, 2.45) is 0 Å². The predicted octanol–water partition coefficient (Wildman–Crippen LogP) is 1.85. The van der Waals surface area contributed by atoms with Gasteiger partial charge < -0.3 is 14.2 Å². The molecule has 1 aromatic rings. The first-order valence-electron chi connectivity index (χ1n) is 3.72. The highest BCUT2D eigenvalue weighted by molar-refractivity contribution is 7.58. The van der Waals surface area contributed by atoms with E-state index in [1.165, 1.54) is 19.2 Å². The van der Waals surface area contributed by atoms with Gasteiger partial charge in [0, 0.05) is 5.66 Å². The molecule has 0 radical (unpaired) electrons. The zero-order valence-electron chi connectivity index (χ0n) is 7.51. The third-order valence-corrected chi connectivity index (χ3v) is 2.24. The largest absolute Gasteiger partial charge is 0.497 e. The topological polar surface area (TPSA) is 55.8 Å². The predicted molar refractivity (Wildman–Crippen MR) is 52.3 cm³/mol. The normalized spacial score (nSPS) is 13.8. The molecule has 0 aliphatic heterocycles. The van der Waals surface area contributed by atoms with Crippen LogP contribution in [0.4, 0.5) is 0 Å². The van der Waals surface area contributed by atoms with Crippen molar-refractivity contribution in [3.8, 4) is 23.6 Å². The van der Waals surface area contributed by atoms with E-state index in [0.717, 1.165) is 0 Å². The number of ether oxygens (including phenoxy) is 1. The van der Waals surface area contributed by atoms with Gasteiger partial charge in [-0.2, -0.15) is 0 Å². The quantitative estimate of drug-likeness (QED) is 0.613. The summed E-state index contributed by atoms with van der Waals surface area (Å²) in [6.07, 6.45) is 4.80. The summed E-state index contributed by atoms with van der Waals surface area (Å²) in [5, 5.41) is 0. The van der Waals surface area contributed by atoms with E-state index in [1.807, 2.05) is 0 Å². The molecule has 0 saturated carbocycles. The standard InChI is InChI=1S/C9H9O4P/c1-3-14(10,11)13-9-6-4-8(12-2)5-7-9/h1,4-7H,2H3,(H,10,11). The van der Waals surface area contributed by atoms with Crippen molar-refractivity contribution in [3.05, 3.63) is 24.3 Å². The Labute approximate surface area is 82.0 Å². The summed E-state index contributed by atoms with van der Waals surface area (Å²) in [4.78, 5) is 8.97. The second kappa shape index (κ2) is 4.19. The number of terminal acetylenes is 1. The molecule has 74 valence electrons. The molecule has 1 aromatic carbocycles. The van der Waals surface area contributed by atoms with Crippen LogP contribution in [0.25, 0.3) is 0 Å². The van der Waals surface area contributed by atoms with Gasteiger partial charge in [0.05, 0.1) is 7.11 Å². The van der Waals surface area contributed by atoms with Crippen LogP contribution in [0.15, 0.2) is 24.3 Å². The fourth-order valence-corrected chi connectivity index (χ4v) is 1.27. The molecule has 0 aliphatic carbocycles. The average molecular weight is 212 g/mol. The van der Waals surface area contributed by atoms with Crippen molar-refractivity contribution in [1.29, 1.82) is 0 Å². The Kier molecular flexibility index (Phi) is 3.19. The number of rotatable bonds is 3. The lowest BCUT2D eigenvalue weighted by Crippen LogP contribution is -1.89. The summed E-state index contributed by atoms with van der Waals surface area (Å²) in [5.74, 6) is 0.861. The number of benzene rings is 1. The fraction of sp³-hybridized carbons (Fsp3) is 0.111. The highest BCUT2D eigenvalue weighted by atomic mass is 31.2. The van der Waals surface area contributed by atoms with Gasteiger partial charge in [0.25, 0.3) is 0 Å². The van der Waals surface area contributed by atoms with Crippen LogP contribution in [0, 0.1) is 12.1 Å². The molecule has 0 heterocycles. The third kappa shape index (κ3) is 2.81. The van der Waals surface area contributed by atoms with Gasteiger partial charge >= 0.3 is 7.60 Å². The van der Waals surface area contributed by atoms with Crippen LogP contribution < -0.4 is 9.26 Å². The molecule has 5 heteroatoms. The SMILES string of the molecule is C#CP(=O)(O)Oc1ccc(OC)cc1. The summed E-state index contributed by atoms with van der Waals surface area (Å²) >= 11 is 0. The lowest BCUT2D eigenvalue weighted by Gasteiger charge is -2.07. The molecule has 0 aliphatic rings. The number of hydrogen-bond acceptors (Lipinski definition) is 3. The van der Waals surface area contributed by atoms with Crippen LogP contribution in [-0.4, -0.2) is 12.0 Å². The van der Waals surface area contributed by atoms with Gasteiger partial charge in [0.15, 0.2) is 0 Å². The molecule has 1 atom stereocenters. The first-order valence-corrected chi connectivity index (χ1v) is 5.29. The molecule has 1 rings (SSSR count). The van der Waals surface area contributed by atoms with Crippen molar-refractivity contribution >= 4 is 7.60 Å². The van der Waals surface area contributed by atoms with Crippen molar-refractivity contribution in [3.63, 3.8) is 0 Å². The Morgan fingerprint density at radius 3 is 2.29 bits per heavy atom. The van der Waals surface area contributed by atoms with Gasteiger partial charge in [0.2, 0.25) is 0 Å². The van der Waals surface area contributed by atoms with E-state index in [9.17, 15) is 4.57 Å². The fourth-order valence-electron chi connectivity index (χ4n) is 0.806. The minimum absolute atomic E-state index is 0.231. The Bertz CT molecular complexity index is 390. The third-order valence-electron chi connectivity index (χ3n) is 1.45. The van der Waals surface area contributed by atoms with Crippen LogP contribution in [-0.2, 0) is 4.57 Å². The lowest BCUT2D eigenvalue weighted by molar-refractivity contribution is 0.392. The van der Waals surface area contributed by atoms with Gasteiger partial charge in [-0.1, -0.05) is 0 Å². The van der Waals surface area contributed by atoms with Crippen LogP contribution in [0.3, 0.4) is 0 Å². The molecule has 0 spiro atoms. The minimum Gasteiger partial charge on any atom is -0.497 e. The van der Waals surface area contributed by atoms with Gasteiger partial charge in [0.1, 0.15) is 11.5 Å². The molecular formula is C9H9O4P. The van der Waals surface area contributed by atoms with Gasteiger partial charge in [-0.05, 0) is 24.3 Å². The second-order valence-electron chi connectivity index (χ2n) is 2.42. The molecule has 1 unspecified atom stereocenters. The minimum atomic E-state index is -3.93. The van der Waals surface area contributed by atoms with Gasteiger partial charge in [-0.25, -0.2) is 4.57 Å². The highest BCUT2D eigenvalue weighted by Crippen LogP contribution is 2.41. The highest BCUT2D eigenvalue weighted by Gasteiger charge is 2.16. The summed E-state index contributed by atoms with van der Waals surface area (Å²) in [6, 6.07) is 6.20. The van der Waals surface area contributed by atoms with E-state index in [4.69, 9.17) is 16.1 Å². The zero-order valence-corrected chi connectivity index (χ0v) is 8.40. The summed E-state index contributed by atoms with van der Waals surface area (Å²) in [6.45, 7) is 0. The molecule has 1 N–H and O–H groups in total. The molecule has 14 heavy (non-hydrogen) atoms. The van der Waals surface area contributed by atoms with Crippen molar-refractivity contribution < 1.29 is 18.7 Å². The second-order valence-corrected chi connectivity index (χ2v) is 3.90. The molecule has 0 aromatic heterocycles. The number of methoxy groups -OCH3 is 1. The van der Waals surface area contributed by atoms with Crippen LogP contribution in [0.2, 0.25) is 0 Å². The molecule has 0 amide bonds. The van der Waals surface area contributed by atoms with Crippen molar-refractivity contribution in [2.75, 3.05) is 7.11 Å². The Hall–Kier alpha value is -1.43. The average Bonchev–Trinajstić information content (AvgIpc) is 2.19. The van der Waals surface area contributed by atoms with Crippen LogP contribution in [0.5, 0.6) is 11.5 Å². The van der Waals surface area contributed by atoms with Gasteiger partial charge in [-0.3, -0.25) is 0 Å². The van der Waals surface area contributed by atoms with Crippen molar-refractivity contribution in [2.45, 2.75) is 0 Å². The summed E-state index contributed by atoms with van der Waals surface area (Å²) < 4.78 is 20.5. The van der Waals surface area contributed by atoms with Crippen LogP contribution >= 0.6 is 7.60 Å². The Morgan fingerprint density at radius 1 is 1.36 bits per heavy atom. The van der Waals surface area contributed by atoms with Crippen LogP contribution in [0.1, 0.15) is 0 Å². The maximum absolute atomic E-state index is 11.0. The maximum Gasteiger partial charge on any atom is 0.454 e. The molecule has 4 nitrogen and oxygen atoms in total. The Morgan fingerprint density at radius 2 is 1.86 bits per heavy atom. The maximum atomic E-state index is 11.0. The van der Waals surface area contributed by atoms with E-state index < -0.39 is 7.60 Å². The van der Waals surface area contributed by atoms with E-state index in [-0.39, 0.29) is 5.75 Å². The monoisotopic (exact) mass is 212 g/mol. The molecule has 0 saturated heterocycles. The first kappa shape index (κ1) is 10.6. The molecule has 0 fully saturated rings. The number of hydrogen-bond donors (Lipinski definition) is 1. The first-order chi connectivity index (χ1) is 6.57. The van der Waals surface area contributed by atoms with E-state index in [0.29, 0.717) is 5.75 Å². The lowest BCUT2D eigenvalue weighted by atomic mass is 10.3. The van der Waals surface area contributed by atoms with E-state index in [1.54, 1.807) is 17.8 Å².